The molecule has 2 aromatic heterocycles. The van der Waals surface area contributed by atoms with Crippen molar-refractivity contribution >= 4 is 21.8 Å². The van der Waals surface area contributed by atoms with Crippen LogP contribution in [0.3, 0.4) is 0 Å². The number of benzene rings is 6. The zero-order chi connectivity index (χ0) is 33.1. The number of hydrogen-bond acceptors (Lipinski definition) is 3. The fraction of sp³-hybridized carbons (Fsp3) is 0.133. The lowest BCUT2D eigenvalue weighted by molar-refractivity contribution is 0.660. The van der Waals surface area contributed by atoms with Crippen molar-refractivity contribution in [1.29, 1.82) is 0 Å². The molecule has 6 aromatic carbocycles. The number of rotatable bonds is 3. The molecule has 2 heterocycles. The first-order valence-corrected chi connectivity index (χ1v) is 17.0. The zero-order valence-corrected chi connectivity index (χ0v) is 28.0. The second-order valence-electron chi connectivity index (χ2n) is 14.5. The van der Waals surface area contributed by atoms with E-state index in [1.807, 2.05) is 36.4 Å². The predicted octanol–water partition coefficient (Wildman–Crippen LogP) is 10.9. The quantitative estimate of drug-likeness (QED) is 0.195. The average Bonchev–Trinajstić information content (AvgIpc) is 3.66. The molecule has 0 saturated heterocycles. The molecule has 0 bridgehead atoms. The molecule has 10 rings (SSSR count). The van der Waals surface area contributed by atoms with E-state index in [0.717, 1.165) is 22.2 Å². The van der Waals surface area contributed by atoms with Crippen LogP contribution in [-0.2, 0) is 10.8 Å². The maximum absolute atomic E-state index is 5.25. The molecule has 2 aliphatic rings. The topological polar surface area (TPSA) is 43.6 Å². The monoisotopic (exact) mass is 630 g/mol. The van der Waals surface area contributed by atoms with Crippen LogP contribution in [0, 0.1) is 0 Å². The summed E-state index contributed by atoms with van der Waals surface area (Å²) in [5.41, 5.74) is 14.5. The van der Waals surface area contributed by atoms with Crippen molar-refractivity contribution in [2.24, 2.45) is 0 Å². The van der Waals surface area contributed by atoms with Crippen LogP contribution in [0.4, 0.5) is 0 Å². The van der Waals surface area contributed by atoms with Crippen LogP contribution in [0.25, 0.3) is 72.8 Å². The Morgan fingerprint density at radius 1 is 0.408 bits per heavy atom. The van der Waals surface area contributed by atoms with E-state index >= 15 is 0 Å². The fourth-order valence-electron chi connectivity index (χ4n) is 8.52. The second-order valence-corrected chi connectivity index (χ2v) is 14.5. The minimum Gasteiger partial charge on any atom is -0.278 e. The lowest BCUT2D eigenvalue weighted by Gasteiger charge is -2.22. The van der Waals surface area contributed by atoms with E-state index in [1.54, 1.807) is 0 Å². The van der Waals surface area contributed by atoms with Crippen molar-refractivity contribution in [2.75, 3.05) is 0 Å². The zero-order valence-electron chi connectivity index (χ0n) is 28.0. The van der Waals surface area contributed by atoms with Crippen LogP contribution in [0.1, 0.15) is 49.9 Å². The van der Waals surface area contributed by atoms with Crippen molar-refractivity contribution in [1.82, 2.24) is 19.5 Å². The van der Waals surface area contributed by atoms with Gasteiger partial charge in [-0.25, -0.2) is 4.98 Å². The predicted molar refractivity (Wildman–Crippen MR) is 200 cm³/mol. The summed E-state index contributed by atoms with van der Waals surface area (Å²) in [6, 6.07) is 47.8. The summed E-state index contributed by atoms with van der Waals surface area (Å²) in [5, 5.41) is 2.43. The smallest absolute Gasteiger partial charge is 0.238 e. The first-order chi connectivity index (χ1) is 23.8. The summed E-state index contributed by atoms with van der Waals surface area (Å²) in [6.07, 6.45) is 0. The Morgan fingerprint density at radius 2 is 0.816 bits per heavy atom. The maximum atomic E-state index is 5.25. The summed E-state index contributed by atoms with van der Waals surface area (Å²) >= 11 is 0. The van der Waals surface area contributed by atoms with Crippen molar-refractivity contribution in [2.45, 2.75) is 38.5 Å². The minimum absolute atomic E-state index is 0.116. The number of fused-ring (bicyclic) bond motifs is 9. The molecule has 234 valence electrons. The van der Waals surface area contributed by atoms with Gasteiger partial charge in [-0.3, -0.25) is 4.57 Å². The van der Waals surface area contributed by atoms with Gasteiger partial charge in [0.25, 0.3) is 0 Å². The molecular formula is C45H34N4. The summed E-state index contributed by atoms with van der Waals surface area (Å²) in [5.74, 6) is 1.92. The SMILES string of the molecule is CC1(C)c2ccccc2-c2cc3c(cc21)c1cc2c(cc1n3-c1nc(-c3ccccc3)nc(-c3ccccc3)n1)-c1ccccc1C2(C)C. The van der Waals surface area contributed by atoms with Gasteiger partial charge in [0.2, 0.25) is 5.95 Å². The molecule has 2 aliphatic carbocycles. The third kappa shape index (κ3) is 3.89. The molecule has 0 atom stereocenters. The molecule has 0 unspecified atom stereocenters. The van der Waals surface area contributed by atoms with E-state index in [0.29, 0.717) is 17.6 Å². The van der Waals surface area contributed by atoms with Gasteiger partial charge in [-0.1, -0.05) is 137 Å². The molecule has 0 spiro atoms. The van der Waals surface area contributed by atoms with Crippen LogP contribution in [-0.4, -0.2) is 19.5 Å². The first kappa shape index (κ1) is 28.2. The van der Waals surface area contributed by atoms with Crippen molar-refractivity contribution in [3.8, 4) is 51.0 Å². The molecule has 0 saturated carbocycles. The van der Waals surface area contributed by atoms with E-state index in [2.05, 4.69) is 129 Å². The van der Waals surface area contributed by atoms with E-state index in [1.165, 1.54) is 55.3 Å². The fourth-order valence-corrected chi connectivity index (χ4v) is 8.52. The van der Waals surface area contributed by atoms with Gasteiger partial charge in [0, 0.05) is 32.7 Å². The Labute approximate surface area is 285 Å². The van der Waals surface area contributed by atoms with E-state index in [9.17, 15) is 0 Å². The Hall–Kier alpha value is -5.87. The van der Waals surface area contributed by atoms with Crippen molar-refractivity contribution in [3.63, 3.8) is 0 Å². The second kappa shape index (κ2) is 9.83. The Morgan fingerprint density at radius 3 is 1.27 bits per heavy atom. The highest BCUT2D eigenvalue weighted by molar-refractivity contribution is 6.13. The van der Waals surface area contributed by atoms with Gasteiger partial charge < -0.3 is 0 Å². The first-order valence-electron chi connectivity index (χ1n) is 17.0. The molecule has 0 N–H and O–H groups in total. The third-order valence-corrected chi connectivity index (χ3v) is 11.1. The molecule has 4 nitrogen and oxygen atoms in total. The highest BCUT2D eigenvalue weighted by Gasteiger charge is 2.38. The van der Waals surface area contributed by atoms with Crippen LogP contribution >= 0.6 is 0 Å². The van der Waals surface area contributed by atoms with E-state index < -0.39 is 0 Å². The lowest BCUT2D eigenvalue weighted by atomic mass is 9.81. The van der Waals surface area contributed by atoms with Gasteiger partial charge in [0.1, 0.15) is 0 Å². The van der Waals surface area contributed by atoms with Crippen LogP contribution < -0.4 is 0 Å². The van der Waals surface area contributed by atoms with E-state index in [4.69, 9.17) is 15.0 Å². The number of hydrogen-bond donors (Lipinski definition) is 0. The average molecular weight is 631 g/mol. The summed E-state index contributed by atoms with van der Waals surface area (Å²) in [7, 11) is 0. The van der Waals surface area contributed by atoms with Crippen LogP contribution in [0.15, 0.2) is 133 Å². The van der Waals surface area contributed by atoms with Crippen LogP contribution in [0.5, 0.6) is 0 Å². The Bertz CT molecular complexity index is 2470. The highest BCUT2D eigenvalue weighted by Crippen LogP contribution is 2.53. The molecule has 8 aromatic rings. The van der Waals surface area contributed by atoms with Gasteiger partial charge in [-0.05, 0) is 68.8 Å². The normalized spacial score (nSPS) is 14.9. The lowest BCUT2D eigenvalue weighted by Crippen LogP contribution is -2.15. The highest BCUT2D eigenvalue weighted by atomic mass is 15.2. The maximum Gasteiger partial charge on any atom is 0.238 e. The molecule has 0 radical (unpaired) electrons. The molecule has 0 amide bonds. The molecule has 0 aliphatic heterocycles. The Balaban J connectivity index is 1.35. The Kier molecular flexibility index (Phi) is 5.65. The number of nitrogens with zero attached hydrogens (tertiary/aromatic N) is 4. The van der Waals surface area contributed by atoms with Crippen molar-refractivity contribution < 1.29 is 0 Å². The van der Waals surface area contributed by atoms with E-state index in [-0.39, 0.29) is 10.8 Å². The largest absolute Gasteiger partial charge is 0.278 e. The third-order valence-electron chi connectivity index (χ3n) is 11.1. The van der Waals surface area contributed by atoms with Gasteiger partial charge in [0.15, 0.2) is 11.6 Å². The van der Waals surface area contributed by atoms with Crippen molar-refractivity contribution in [3.05, 3.63) is 156 Å². The molecule has 4 heteroatoms. The summed E-state index contributed by atoms with van der Waals surface area (Å²) < 4.78 is 2.29. The van der Waals surface area contributed by atoms with Crippen LogP contribution in [0.2, 0.25) is 0 Å². The molecular weight excluding hydrogens is 597 g/mol. The summed E-state index contributed by atoms with van der Waals surface area (Å²) in [6.45, 7) is 9.41. The minimum atomic E-state index is -0.116. The molecule has 0 fully saturated rings. The van der Waals surface area contributed by atoms with Gasteiger partial charge in [0.05, 0.1) is 11.0 Å². The number of aromatic nitrogens is 4. The van der Waals surface area contributed by atoms with Gasteiger partial charge in [-0.2, -0.15) is 9.97 Å². The molecule has 49 heavy (non-hydrogen) atoms. The summed E-state index contributed by atoms with van der Waals surface area (Å²) in [4.78, 5) is 15.5. The van der Waals surface area contributed by atoms with Gasteiger partial charge in [-0.15, -0.1) is 0 Å². The van der Waals surface area contributed by atoms with Gasteiger partial charge >= 0.3 is 0 Å². The standard InChI is InChI=1S/C45H34N4/c1-44(2)35-21-13-11-19-29(35)31-25-39-33(23-37(31)44)34-24-38-32(30-20-12-14-22-36(30)45(38,3)4)26-40(34)49(39)43-47-41(27-15-7-5-8-16-27)46-42(48-43)28-17-9-6-10-18-28/h5-26H,1-4H3.